The Morgan fingerprint density at radius 1 is 0.892 bits per heavy atom. The van der Waals surface area contributed by atoms with Gasteiger partial charge in [-0.15, -0.1) is 0 Å². The van der Waals surface area contributed by atoms with Gasteiger partial charge in [0.05, 0.1) is 30.0 Å². The summed E-state index contributed by atoms with van der Waals surface area (Å²) in [6.07, 6.45) is 1.30. The molecule has 4 rings (SSSR count). The van der Waals surface area contributed by atoms with Crippen LogP contribution in [0.2, 0.25) is 10.0 Å². The summed E-state index contributed by atoms with van der Waals surface area (Å²) < 4.78 is 29.2. The van der Waals surface area contributed by atoms with Gasteiger partial charge in [-0.2, -0.15) is 0 Å². The van der Waals surface area contributed by atoms with Gasteiger partial charge in [-0.1, -0.05) is 41.4 Å². The smallest absolute Gasteiger partial charge is 0.336 e. The highest BCUT2D eigenvalue weighted by Crippen LogP contribution is 2.39. The van der Waals surface area contributed by atoms with Gasteiger partial charge in [-0.3, -0.25) is 14.9 Å². The lowest BCUT2D eigenvalue weighted by molar-refractivity contribution is -0.122. The normalized spacial score (nSPS) is 14.6. The molecule has 0 spiro atoms. The monoisotopic (exact) mass is 544 g/mol. The second kappa shape index (κ2) is 10.9. The molecule has 1 saturated heterocycles. The molecule has 0 bridgehead atoms. The van der Waals surface area contributed by atoms with Crippen LogP contribution in [0.15, 0.2) is 60.2 Å². The van der Waals surface area contributed by atoms with Crippen LogP contribution in [-0.4, -0.2) is 32.1 Å². The zero-order valence-corrected chi connectivity index (χ0v) is 21.0. The molecule has 37 heavy (non-hydrogen) atoms. The van der Waals surface area contributed by atoms with Crippen molar-refractivity contribution < 1.29 is 33.0 Å². The molecule has 0 atom stereocenters. The summed E-state index contributed by atoms with van der Waals surface area (Å²) in [6, 6.07) is 12.3. The zero-order valence-electron chi connectivity index (χ0n) is 19.5. The van der Waals surface area contributed by atoms with Gasteiger partial charge in [0.1, 0.15) is 35.2 Å². The Morgan fingerprint density at radius 3 is 2.22 bits per heavy atom. The van der Waals surface area contributed by atoms with Crippen molar-refractivity contribution in [3.63, 3.8) is 0 Å². The number of nitrogens with zero attached hydrogens (tertiary/aromatic N) is 1. The number of hydrogen-bond donors (Lipinski definition) is 1. The maximum atomic E-state index is 13.3. The van der Waals surface area contributed by atoms with Crippen molar-refractivity contribution in [1.82, 2.24) is 5.32 Å². The molecule has 1 heterocycles. The lowest BCUT2D eigenvalue weighted by atomic mass is 10.1. The summed E-state index contributed by atoms with van der Waals surface area (Å²) in [4.78, 5) is 39.2. The van der Waals surface area contributed by atoms with Crippen molar-refractivity contribution in [2.45, 2.75) is 6.61 Å². The predicted molar refractivity (Wildman–Crippen MR) is 136 cm³/mol. The number of methoxy groups -OCH3 is 2. The SMILES string of the molecule is COc1cc(N2C(=O)NC(=O)/C(=C\c3ccc(OCc4ccc(F)cc4)c(Cl)c3)C2=O)c(OC)cc1Cl. The number of nitrogens with one attached hydrogen (secondary N) is 1. The molecule has 0 unspecified atom stereocenters. The fraction of sp³-hybridized carbons (Fsp3) is 0.115. The lowest BCUT2D eigenvalue weighted by Crippen LogP contribution is -2.54. The molecule has 0 saturated carbocycles. The number of benzene rings is 3. The minimum absolute atomic E-state index is 0.0345. The van der Waals surface area contributed by atoms with E-state index in [0.29, 0.717) is 11.3 Å². The van der Waals surface area contributed by atoms with Gasteiger partial charge in [-0.25, -0.2) is 14.1 Å². The number of amides is 4. The highest BCUT2D eigenvalue weighted by molar-refractivity contribution is 6.40. The van der Waals surface area contributed by atoms with Crippen LogP contribution in [0.25, 0.3) is 6.08 Å². The third-order valence-corrected chi connectivity index (χ3v) is 5.96. The summed E-state index contributed by atoms with van der Waals surface area (Å²) in [7, 11) is 2.72. The van der Waals surface area contributed by atoms with Gasteiger partial charge in [-0.05, 0) is 41.5 Å². The Kier molecular flexibility index (Phi) is 7.66. The quantitative estimate of drug-likeness (QED) is 0.316. The Balaban J connectivity index is 1.61. The number of hydrogen-bond acceptors (Lipinski definition) is 6. The number of urea groups is 1. The molecule has 8 nitrogen and oxygen atoms in total. The number of barbiturate groups is 1. The van der Waals surface area contributed by atoms with Crippen LogP contribution in [0, 0.1) is 5.82 Å². The summed E-state index contributed by atoms with van der Waals surface area (Å²) in [5, 5.41) is 2.57. The first-order valence-corrected chi connectivity index (χ1v) is 11.5. The van der Waals surface area contributed by atoms with E-state index in [4.69, 9.17) is 37.4 Å². The molecule has 0 aliphatic carbocycles. The van der Waals surface area contributed by atoms with Gasteiger partial charge in [0.2, 0.25) is 0 Å². The molecule has 0 aromatic heterocycles. The number of halogens is 3. The number of anilines is 1. The van der Waals surface area contributed by atoms with Gasteiger partial charge in [0.15, 0.2) is 0 Å². The summed E-state index contributed by atoms with van der Waals surface area (Å²) in [5.74, 6) is -1.45. The molecule has 190 valence electrons. The van der Waals surface area contributed by atoms with E-state index in [0.717, 1.165) is 10.5 Å². The number of ether oxygens (including phenoxy) is 3. The third-order valence-electron chi connectivity index (χ3n) is 5.37. The van der Waals surface area contributed by atoms with Crippen molar-refractivity contribution >= 4 is 52.8 Å². The maximum absolute atomic E-state index is 13.3. The third kappa shape index (κ3) is 5.52. The summed E-state index contributed by atoms with van der Waals surface area (Å²) in [5.41, 5.74) is 0.874. The van der Waals surface area contributed by atoms with Gasteiger partial charge < -0.3 is 14.2 Å². The number of rotatable bonds is 7. The standard InChI is InChI=1S/C26H19Cl2FN2O6/c1-35-22-12-20(23(36-2)11-19(22)28)31-25(33)17(24(32)30-26(31)34)9-15-5-8-21(18(27)10-15)37-13-14-3-6-16(29)7-4-14/h3-12H,13H2,1-2H3,(H,30,32,34)/b17-9+. The first kappa shape index (κ1) is 26.0. The molecule has 0 radical (unpaired) electrons. The highest BCUT2D eigenvalue weighted by atomic mass is 35.5. The number of imide groups is 2. The minimum Gasteiger partial charge on any atom is -0.495 e. The van der Waals surface area contributed by atoms with E-state index in [2.05, 4.69) is 5.32 Å². The van der Waals surface area contributed by atoms with Crippen LogP contribution in [-0.2, 0) is 16.2 Å². The predicted octanol–water partition coefficient (Wildman–Crippen LogP) is 5.40. The molecule has 3 aromatic carbocycles. The number of carbonyl (C=O) groups is 3. The Bertz CT molecular complexity index is 1430. The van der Waals surface area contributed by atoms with E-state index in [-0.39, 0.29) is 45.2 Å². The van der Waals surface area contributed by atoms with Crippen molar-refractivity contribution in [2.75, 3.05) is 19.1 Å². The van der Waals surface area contributed by atoms with Crippen molar-refractivity contribution in [1.29, 1.82) is 0 Å². The summed E-state index contributed by atoms with van der Waals surface area (Å²) in [6.45, 7) is 0.158. The molecular weight excluding hydrogens is 526 g/mol. The van der Waals surface area contributed by atoms with E-state index < -0.39 is 17.8 Å². The maximum Gasteiger partial charge on any atom is 0.336 e. The minimum atomic E-state index is -0.961. The molecule has 1 aliphatic rings. The molecular formula is C26H19Cl2FN2O6. The molecule has 1 aliphatic heterocycles. The van der Waals surface area contributed by atoms with E-state index in [1.807, 2.05) is 0 Å². The van der Waals surface area contributed by atoms with Crippen LogP contribution in [0.4, 0.5) is 14.9 Å². The first-order valence-electron chi connectivity index (χ1n) is 10.7. The van der Waals surface area contributed by atoms with Crippen LogP contribution in [0.5, 0.6) is 17.2 Å². The molecule has 1 fully saturated rings. The van der Waals surface area contributed by atoms with Crippen molar-refractivity contribution in [3.8, 4) is 17.2 Å². The zero-order chi connectivity index (χ0) is 26.7. The van der Waals surface area contributed by atoms with Crippen molar-refractivity contribution in [3.05, 3.63) is 87.2 Å². The second-order valence-corrected chi connectivity index (χ2v) is 8.54. The second-order valence-electron chi connectivity index (χ2n) is 7.72. The molecule has 1 N–H and O–H groups in total. The van der Waals surface area contributed by atoms with E-state index in [9.17, 15) is 18.8 Å². The van der Waals surface area contributed by atoms with Crippen LogP contribution in [0.3, 0.4) is 0 Å². The molecule has 4 amide bonds. The van der Waals surface area contributed by atoms with E-state index in [1.54, 1.807) is 24.3 Å². The van der Waals surface area contributed by atoms with Gasteiger partial charge in [0, 0.05) is 12.1 Å². The van der Waals surface area contributed by atoms with E-state index >= 15 is 0 Å². The molecule has 3 aromatic rings. The Morgan fingerprint density at radius 2 is 1.57 bits per heavy atom. The van der Waals surface area contributed by atoms with Crippen LogP contribution >= 0.6 is 23.2 Å². The highest BCUT2D eigenvalue weighted by Gasteiger charge is 2.38. The molecule has 11 heteroatoms. The van der Waals surface area contributed by atoms with Crippen LogP contribution in [0.1, 0.15) is 11.1 Å². The topological polar surface area (TPSA) is 94.2 Å². The fourth-order valence-corrected chi connectivity index (χ4v) is 4.00. The average Bonchev–Trinajstić information content (AvgIpc) is 2.87. The summed E-state index contributed by atoms with van der Waals surface area (Å²) >= 11 is 12.5. The number of carbonyl (C=O) groups excluding carboxylic acids is 3. The Labute approximate surface area is 221 Å². The van der Waals surface area contributed by atoms with Crippen LogP contribution < -0.4 is 24.4 Å². The largest absolute Gasteiger partial charge is 0.495 e. The first-order chi connectivity index (χ1) is 17.7. The van der Waals surface area contributed by atoms with Gasteiger partial charge >= 0.3 is 6.03 Å². The van der Waals surface area contributed by atoms with E-state index in [1.165, 1.54) is 50.6 Å². The Hall–Kier alpha value is -4.08. The average molecular weight is 545 g/mol. The van der Waals surface area contributed by atoms with Crippen molar-refractivity contribution in [2.24, 2.45) is 0 Å². The van der Waals surface area contributed by atoms with Gasteiger partial charge in [0.25, 0.3) is 11.8 Å². The lowest BCUT2D eigenvalue weighted by Gasteiger charge is -2.28. The fourth-order valence-electron chi connectivity index (χ4n) is 3.53.